The van der Waals surface area contributed by atoms with Gasteiger partial charge in [-0.3, -0.25) is 0 Å². The van der Waals surface area contributed by atoms with Gasteiger partial charge < -0.3 is 9.64 Å². The molecule has 0 bridgehead atoms. The predicted octanol–water partition coefficient (Wildman–Crippen LogP) is 6.85. The molecular formula is C20H24BrIN2O. The Kier molecular flexibility index (Phi) is 7.75. The van der Waals surface area contributed by atoms with Crippen molar-refractivity contribution >= 4 is 50.5 Å². The second-order valence-electron chi connectivity index (χ2n) is 5.96. The van der Waals surface area contributed by atoms with Crippen LogP contribution in [0.25, 0.3) is 0 Å². The molecule has 0 atom stereocenters. The number of halogens is 2. The summed E-state index contributed by atoms with van der Waals surface area (Å²) in [6.45, 7) is 10.5. The van der Waals surface area contributed by atoms with Crippen molar-refractivity contribution in [2.45, 2.75) is 34.1 Å². The fourth-order valence-corrected chi connectivity index (χ4v) is 3.11. The fraction of sp³-hybridized carbons (Fsp3) is 0.350. The zero-order valence-corrected chi connectivity index (χ0v) is 18.9. The van der Waals surface area contributed by atoms with Gasteiger partial charge in [0.25, 0.3) is 0 Å². The van der Waals surface area contributed by atoms with Crippen LogP contribution in [0.3, 0.4) is 0 Å². The van der Waals surface area contributed by atoms with Gasteiger partial charge in [-0.1, -0.05) is 6.92 Å². The standard InChI is InChI=1S/C20H24BrIN2O/c1-5-9-24(6-2)13-23-19-10-15(4)20(11-14(19)3)25-16-7-8-18(22)17(21)12-16/h7-8,10-13H,5-6,9H2,1-4H3. The molecule has 0 fully saturated rings. The molecule has 25 heavy (non-hydrogen) atoms. The summed E-state index contributed by atoms with van der Waals surface area (Å²) in [6.07, 6.45) is 3.07. The van der Waals surface area contributed by atoms with E-state index in [2.05, 4.69) is 88.2 Å². The molecule has 0 radical (unpaired) electrons. The van der Waals surface area contributed by atoms with E-state index < -0.39 is 0 Å². The normalized spacial score (nSPS) is 11.1. The van der Waals surface area contributed by atoms with Crippen molar-refractivity contribution in [3.05, 3.63) is 49.5 Å². The Hall–Kier alpha value is -1.08. The maximum atomic E-state index is 6.07. The molecule has 0 aliphatic carbocycles. The lowest BCUT2D eigenvalue weighted by molar-refractivity contribution is 0.452. The van der Waals surface area contributed by atoms with E-state index in [0.717, 1.165) is 55.9 Å². The molecule has 2 aromatic rings. The van der Waals surface area contributed by atoms with E-state index in [9.17, 15) is 0 Å². The highest BCUT2D eigenvalue weighted by Crippen LogP contribution is 2.33. The molecule has 2 aromatic carbocycles. The summed E-state index contributed by atoms with van der Waals surface area (Å²) in [4.78, 5) is 6.89. The smallest absolute Gasteiger partial charge is 0.130 e. The lowest BCUT2D eigenvalue weighted by Gasteiger charge is -2.16. The predicted molar refractivity (Wildman–Crippen MR) is 119 cm³/mol. The van der Waals surface area contributed by atoms with E-state index in [0.29, 0.717) is 0 Å². The highest BCUT2D eigenvalue weighted by atomic mass is 127. The van der Waals surface area contributed by atoms with Gasteiger partial charge in [-0.2, -0.15) is 0 Å². The number of aryl methyl sites for hydroxylation is 2. The van der Waals surface area contributed by atoms with Crippen molar-refractivity contribution < 1.29 is 4.74 Å². The van der Waals surface area contributed by atoms with Crippen molar-refractivity contribution in [3.63, 3.8) is 0 Å². The van der Waals surface area contributed by atoms with Gasteiger partial charge in [0.2, 0.25) is 0 Å². The lowest BCUT2D eigenvalue weighted by Crippen LogP contribution is -2.21. The minimum absolute atomic E-state index is 0.825. The molecule has 0 saturated carbocycles. The molecule has 2 rings (SSSR count). The summed E-state index contributed by atoms with van der Waals surface area (Å²) in [5, 5.41) is 0. The van der Waals surface area contributed by atoms with Crippen LogP contribution in [0, 0.1) is 17.4 Å². The fourth-order valence-electron chi connectivity index (χ4n) is 2.42. The van der Waals surface area contributed by atoms with Crippen LogP contribution in [0.4, 0.5) is 5.69 Å². The van der Waals surface area contributed by atoms with E-state index in [1.165, 1.54) is 0 Å². The first-order chi connectivity index (χ1) is 11.9. The van der Waals surface area contributed by atoms with Crippen molar-refractivity contribution in [2.75, 3.05) is 13.1 Å². The second kappa shape index (κ2) is 9.57. The summed E-state index contributed by atoms with van der Waals surface area (Å²) in [5.74, 6) is 1.69. The summed E-state index contributed by atoms with van der Waals surface area (Å²) in [5.41, 5.74) is 3.17. The van der Waals surface area contributed by atoms with Crippen LogP contribution in [-0.4, -0.2) is 24.3 Å². The Labute approximate surface area is 172 Å². The van der Waals surface area contributed by atoms with Crippen LogP contribution < -0.4 is 4.74 Å². The molecule has 0 saturated heterocycles. The van der Waals surface area contributed by atoms with Gasteiger partial charge in [-0.05, 0) is 107 Å². The summed E-state index contributed by atoms with van der Waals surface area (Å²) >= 11 is 5.84. The van der Waals surface area contributed by atoms with E-state index in [-0.39, 0.29) is 0 Å². The monoisotopic (exact) mass is 514 g/mol. The van der Waals surface area contributed by atoms with Crippen LogP contribution in [0.1, 0.15) is 31.4 Å². The van der Waals surface area contributed by atoms with Gasteiger partial charge in [0.05, 0.1) is 12.0 Å². The third-order valence-corrected chi connectivity index (χ3v) is 6.23. The van der Waals surface area contributed by atoms with Crippen molar-refractivity contribution in [3.8, 4) is 11.5 Å². The molecule has 0 aliphatic heterocycles. The zero-order valence-electron chi connectivity index (χ0n) is 15.1. The number of nitrogens with zero attached hydrogens (tertiary/aromatic N) is 2. The molecule has 0 spiro atoms. The molecule has 0 aromatic heterocycles. The number of ether oxygens (including phenoxy) is 1. The Morgan fingerprint density at radius 2 is 1.92 bits per heavy atom. The quantitative estimate of drug-likeness (QED) is 0.229. The van der Waals surface area contributed by atoms with Gasteiger partial charge in [-0.25, -0.2) is 4.99 Å². The highest BCUT2D eigenvalue weighted by Gasteiger charge is 2.08. The average Bonchev–Trinajstić information content (AvgIpc) is 2.58. The summed E-state index contributed by atoms with van der Waals surface area (Å²) in [7, 11) is 0. The lowest BCUT2D eigenvalue weighted by atomic mass is 10.1. The minimum Gasteiger partial charge on any atom is -0.457 e. The first-order valence-corrected chi connectivity index (χ1v) is 10.3. The molecular weight excluding hydrogens is 491 g/mol. The zero-order chi connectivity index (χ0) is 18.4. The number of hydrogen-bond acceptors (Lipinski definition) is 2. The van der Waals surface area contributed by atoms with Crippen LogP contribution in [-0.2, 0) is 0 Å². The van der Waals surface area contributed by atoms with Crippen molar-refractivity contribution in [1.29, 1.82) is 0 Å². The van der Waals surface area contributed by atoms with Crippen LogP contribution in [0.15, 0.2) is 39.8 Å². The van der Waals surface area contributed by atoms with E-state index in [4.69, 9.17) is 4.74 Å². The molecule has 5 heteroatoms. The second-order valence-corrected chi connectivity index (χ2v) is 7.97. The molecule has 0 heterocycles. The van der Waals surface area contributed by atoms with Gasteiger partial charge in [0.15, 0.2) is 0 Å². The van der Waals surface area contributed by atoms with Crippen LogP contribution in [0.5, 0.6) is 11.5 Å². The number of hydrogen-bond donors (Lipinski definition) is 0. The molecule has 0 amide bonds. The number of aliphatic imine (C=N–C) groups is 1. The molecule has 0 unspecified atom stereocenters. The Bertz CT molecular complexity index is 762. The third-order valence-electron chi connectivity index (χ3n) is 3.89. The Balaban J connectivity index is 2.21. The largest absolute Gasteiger partial charge is 0.457 e. The van der Waals surface area contributed by atoms with Gasteiger partial charge >= 0.3 is 0 Å². The van der Waals surface area contributed by atoms with Gasteiger partial charge in [0, 0.05) is 21.1 Å². The molecule has 0 N–H and O–H groups in total. The summed E-state index contributed by atoms with van der Waals surface area (Å²) < 4.78 is 8.27. The molecule has 3 nitrogen and oxygen atoms in total. The highest BCUT2D eigenvalue weighted by molar-refractivity contribution is 14.1. The Morgan fingerprint density at radius 1 is 1.16 bits per heavy atom. The average molecular weight is 515 g/mol. The van der Waals surface area contributed by atoms with Gasteiger partial charge in [0.1, 0.15) is 11.5 Å². The van der Waals surface area contributed by atoms with Crippen LogP contribution in [0.2, 0.25) is 0 Å². The van der Waals surface area contributed by atoms with E-state index in [1.807, 2.05) is 24.5 Å². The first kappa shape index (κ1) is 20.2. The number of rotatable bonds is 7. The topological polar surface area (TPSA) is 24.8 Å². The minimum atomic E-state index is 0.825. The first-order valence-electron chi connectivity index (χ1n) is 8.47. The summed E-state index contributed by atoms with van der Waals surface area (Å²) in [6, 6.07) is 10.2. The maximum Gasteiger partial charge on any atom is 0.130 e. The number of benzene rings is 2. The van der Waals surface area contributed by atoms with E-state index >= 15 is 0 Å². The Morgan fingerprint density at radius 3 is 2.56 bits per heavy atom. The van der Waals surface area contributed by atoms with Crippen molar-refractivity contribution in [2.24, 2.45) is 4.99 Å². The molecule has 134 valence electrons. The molecule has 0 aliphatic rings. The van der Waals surface area contributed by atoms with Crippen LogP contribution >= 0.6 is 38.5 Å². The third kappa shape index (κ3) is 5.71. The van der Waals surface area contributed by atoms with Crippen molar-refractivity contribution in [1.82, 2.24) is 4.90 Å². The SMILES string of the molecule is CCCN(C=Nc1cc(C)c(Oc2ccc(I)c(Br)c2)cc1C)CC. The van der Waals surface area contributed by atoms with Gasteiger partial charge in [-0.15, -0.1) is 0 Å². The van der Waals surface area contributed by atoms with E-state index in [1.54, 1.807) is 0 Å². The maximum absolute atomic E-state index is 6.07.